The van der Waals surface area contributed by atoms with Crippen LogP contribution < -0.4 is 5.32 Å². The molecule has 1 atom stereocenters. The molecular formula is C23H19NO3. The number of carbonyl (C=O) groups is 2. The van der Waals surface area contributed by atoms with Gasteiger partial charge in [0.1, 0.15) is 5.76 Å². The second-order valence-corrected chi connectivity index (χ2v) is 6.64. The Bertz CT molecular complexity index is 1000. The van der Waals surface area contributed by atoms with Gasteiger partial charge in [0.2, 0.25) is 0 Å². The molecule has 0 amide bonds. The van der Waals surface area contributed by atoms with Gasteiger partial charge in [0.25, 0.3) is 0 Å². The van der Waals surface area contributed by atoms with E-state index in [9.17, 15) is 9.59 Å². The summed E-state index contributed by atoms with van der Waals surface area (Å²) in [6.45, 7) is 0. The van der Waals surface area contributed by atoms with E-state index in [2.05, 4.69) is 17.4 Å². The summed E-state index contributed by atoms with van der Waals surface area (Å²) in [4.78, 5) is 23.2. The number of allylic oxidation sites excluding steroid dienone is 2. The van der Waals surface area contributed by atoms with Gasteiger partial charge in [-0.2, -0.15) is 0 Å². The standard InChI is InChI=1S/C23H19NO3/c25-15-20-10-11-23(27-20)21-8-4-5-9-22(21)24-18-12-17(13-19(26)14-18)16-6-2-1-3-7-16/h1-11,14-15,17,24H,12-13H2. The minimum absolute atomic E-state index is 0.122. The van der Waals surface area contributed by atoms with Gasteiger partial charge in [-0.3, -0.25) is 9.59 Å². The zero-order chi connectivity index (χ0) is 18.6. The second-order valence-electron chi connectivity index (χ2n) is 6.64. The van der Waals surface area contributed by atoms with Gasteiger partial charge < -0.3 is 9.73 Å². The molecule has 1 aliphatic carbocycles. The molecule has 4 heteroatoms. The van der Waals surface area contributed by atoms with Crippen molar-refractivity contribution in [2.75, 3.05) is 5.32 Å². The van der Waals surface area contributed by atoms with E-state index >= 15 is 0 Å². The van der Waals surface area contributed by atoms with Crippen LogP contribution in [0.15, 0.2) is 82.9 Å². The first kappa shape index (κ1) is 17.0. The van der Waals surface area contributed by atoms with Crippen LogP contribution in [-0.2, 0) is 4.79 Å². The van der Waals surface area contributed by atoms with E-state index in [-0.39, 0.29) is 17.5 Å². The Morgan fingerprint density at radius 2 is 1.70 bits per heavy atom. The molecule has 0 fully saturated rings. The Balaban J connectivity index is 1.60. The molecule has 1 aromatic heterocycles. The number of hydrogen-bond donors (Lipinski definition) is 1. The Morgan fingerprint density at radius 1 is 0.926 bits per heavy atom. The molecule has 1 aliphatic rings. The minimum atomic E-state index is 0.122. The summed E-state index contributed by atoms with van der Waals surface area (Å²) in [5, 5.41) is 3.40. The molecule has 0 saturated heterocycles. The van der Waals surface area contributed by atoms with Crippen molar-refractivity contribution in [2.24, 2.45) is 0 Å². The predicted octanol–water partition coefficient (Wildman–Crippen LogP) is 5.20. The fourth-order valence-corrected chi connectivity index (χ4v) is 3.48. The first-order chi connectivity index (χ1) is 13.2. The van der Waals surface area contributed by atoms with Gasteiger partial charge in [0.15, 0.2) is 17.8 Å². The SMILES string of the molecule is O=Cc1ccc(-c2ccccc2NC2=CC(=O)CC(c3ccccc3)C2)o1. The van der Waals surface area contributed by atoms with Crippen LogP contribution in [0.1, 0.15) is 34.9 Å². The maximum atomic E-state index is 12.3. The highest BCUT2D eigenvalue weighted by Gasteiger charge is 2.23. The summed E-state index contributed by atoms with van der Waals surface area (Å²) in [5.41, 5.74) is 3.75. The molecule has 134 valence electrons. The minimum Gasteiger partial charge on any atom is -0.453 e. The van der Waals surface area contributed by atoms with Crippen molar-refractivity contribution in [3.05, 3.63) is 89.8 Å². The van der Waals surface area contributed by atoms with Crippen LogP contribution in [0.2, 0.25) is 0 Å². The van der Waals surface area contributed by atoms with Crippen LogP contribution in [0.5, 0.6) is 0 Å². The molecule has 1 heterocycles. The summed E-state index contributed by atoms with van der Waals surface area (Å²) >= 11 is 0. The van der Waals surface area contributed by atoms with Gasteiger partial charge in [-0.15, -0.1) is 0 Å². The average molecular weight is 357 g/mol. The third kappa shape index (κ3) is 3.75. The fraction of sp³-hybridized carbons (Fsp3) is 0.130. The molecule has 4 nitrogen and oxygen atoms in total. The number of anilines is 1. The Hall–Kier alpha value is -3.40. The van der Waals surface area contributed by atoms with Crippen LogP contribution in [0.3, 0.4) is 0 Å². The molecule has 0 bridgehead atoms. The maximum absolute atomic E-state index is 12.3. The lowest BCUT2D eigenvalue weighted by molar-refractivity contribution is -0.115. The van der Waals surface area contributed by atoms with Crippen LogP contribution >= 0.6 is 0 Å². The molecule has 0 aliphatic heterocycles. The van der Waals surface area contributed by atoms with E-state index in [1.54, 1.807) is 18.2 Å². The number of furan rings is 1. The summed E-state index contributed by atoms with van der Waals surface area (Å²) < 4.78 is 5.57. The number of carbonyl (C=O) groups excluding carboxylic acids is 2. The molecule has 2 aromatic carbocycles. The molecule has 1 unspecified atom stereocenters. The molecule has 3 aromatic rings. The smallest absolute Gasteiger partial charge is 0.185 e. The van der Waals surface area contributed by atoms with Crippen molar-refractivity contribution >= 4 is 17.8 Å². The fourth-order valence-electron chi connectivity index (χ4n) is 3.48. The van der Waals surface area contributed by atoms with E-state index in [0.717, 1.165) is 23.4 Å². The van der Waals surface area contributed by atoms with Crippen molar-refractivity contribution in [1.29, 1.82) is 0 Å². The third-order valence-corrected chi connectivity index (χ3v) is 4.75. The highest BCUT2D eigenvalue weighted by Crippen LogP contribution is 2.35. The van der Waals surface area contributed by atoms with Crippen molar-refractivity contribution in [3.63, 3.8) is 0 Å². The highest BCUT2D eigenvalue weighted by molar-refractivity contribution is 5.93. The topological polar surface area (TPSA) is 59.3 Å². The third-order valence-electron chi connectivity index (χ3n) is 4.75. The molecule has 0 saturated carbocycles. The van der Waals surface area contributed by atoms with Gasteiger partial charge in [0.05, 0.1) is 0 Å². The van der Waals surface area contributed by atoms with Crippen molar-refractivity contribution in [3.8, 4) is 11.3 Å². The van der Waals surface area contributed by atoms with Gasteiger partial charge in [-0.1, -0.05) is 42.5 Å². The Kier molecular flexibility index (Phi) is 4.71. The summed E-state index contributed by atoms with van der Waals surface area (Å²) in [6.07, 6.45) is 3.67. The number of aldehydes is 1. The molecule has 0 spiro atoms. The molecule has 1 N–H and O–H groups in total. The number of rotatable bonds is 5. The van der Waals surface area contributed by atoms with Crippen LogP contribution in [0.4, 0.5) is 5.69 Å². The highest BCUT2D eigenvalue weighted by atomic mass is 16.3. The summed E-state index contributed by atoms with van der Waals surface area (Å²) in [5.74, 6) is 1.19. The number of nitrogens with one attached hydrogen (secondary N) is 1. The zero-order valence-electron chi connectivity index (χ0n) is 14.7. The monoisotopic (exact) mass is 357 g/mol. The van der Waals surface area contributed by atoms with Crippen LogP contribution in [0.25, 0.3) is 11.3 Å². The molecular weight excluding hydrogens is 338 g/mol. The lowest BCUT2D eigenvalue weighted by Crippen LogP contribution is -2.16. The van der Waals surface area contributed by atoms with E-state index in [4.69, 9.17) is 4.42 Å². The van der Waals surface area contributed by atoms with Crippen LogP contribution in [-0.4, -0.2) is 12.1 Å². The van der Waals surface area contributed by atoms with Crippen LogP contribution in [0, 0.1) is 0 Å². The van der Waals surface area contributed by atoms with E-state index < -0.39 is 0 Å². The molecule has 27 heavy (non-hydrogen) atoms. The summed E-state index contributed by atoms with van der Waals surface area (Å²) in [7, 11) is 0. The van der Waals surface area contributed by atoms with Crippen molar-refractivity contribution in [2.45, 2.75) is 18.8 Å². The normalized spacial score (nSPS) is 16.7. The average Bonchev–Trinajstić information content (AvgIpc) is 3.18. The maximum Gasteiger partial charge on any atom is 0.185 e. The first-order valence-electron chi connectivity index (χ1n) is 8.93. The van der Waals surface area contributed by atoms with Gasteiger partial charge in [-0.25, -0.2) is 0 Å². The molecule has 4 rings (SSSR count). The van der Waals surface area contributed by atoms with Gasteiger partial charge >= 0.3 is 0 Å². The van der Waals surface area contributed by atoms with Crippen molar-refractivity contribution < 1.29 is 14.0 Å². The Morgan fingerprint density at radius 3 is 2.48 bits per heavy atom. The van der Waals surface area contributed by atoms with E-state index in [0.29, 0.717) is 18.5 Å². The lowest BCUT2D eigenvalue weighted by Gasteiger charge is -2.24. The number of benzene rings is 2. The van der Waals surface area contributed by atoms with E-state index in [1.807, 2.05) is 42.5 Å². The predicted molar refractivity (Wildman–Crippen MR) is 105 cm³/mol. The van der Waals surface area contributed by atoms with Gasteiger partial charge in [-0.05, 0) is 42.2 Å². The second kappa shape index (κ2) is 7.46. The summed E-state index contributed by atoms with van der Waals surface area (Å²) in [6, 6.07) is 21.3. The largest absolute Gasteiger partial charge is 0.453 e. The first-order valence-corrected chi connectivity index (χ1v) is 8.93. The Labute approximate surface area is 157 Å². The number of para-hydroxylation sites is 1. The quantitative estimate of drug-likeness (QED) is 0.638. The van der Waals surface area contributed by atoms with Gasteiger partial charge in [0, 0.05) is 29.4 Å². The van der Waals surface area contributed by atoms with Crippen molar-refractivity contribution in [1.82, 2.24) is 0 Å². The lowest BCUT2D eigenvalue weighted by atomic mass is 9.85. The molecule has 0 radical (unpaired) electrons. The van der Waals surface area contributed by atoms with E-state index in [1.165, 1.54) is 5.56 Å². The zero-order valence-corrected chi connectivity index (χ0v) is 14.7. The number of ketones is 1. The number of hydrogen-bond acceptors (Lipinski definition) is 4.